The van der Waals surface area contributed by atoms with Gasteiger partial charge in [-0.2, -0.15) is 0 Å². The van der Waals surface area contributed by atoms with Crippen LogP contribution in [0, 0.1) is 0 Å². The van der Waals surface area contributed by atoms with Gasteiger partial charge in [-0.1, -0.05) is 13.0 Å². The zero-order chi connectivity index (χ0) is 12.5. The number of hydrogen-bond donors (Lipinski definition) is 1. The molecule has 1 aliphatic carbocycles. The summed E-state index contributed by atoms with van der Waals surface area (Å²) in [6, 6.07) is 6.06. The molecule has 0 saturated carbocycles. The van der Waals surface area contributed by atoms with E-state index in [-0.39, 0.29) is 0 Å². The largest absolute Gasteiger partial charge is 0.390 e. The molecule has 0 spiro atoms. The number of rotatable bonds is 2. The molecule has 0 radical (unpaired) electrons. The van der Waals surface area contributed by atoms with Crippen molar-refractivity contribution in [2.75, 3.05) is 5.73 Å². The zero-order valence-electron chi connectivity index (χ0n) is 10.6. The second-order valence-electron chi connectivity index (χ2n) is 4.89. The van der Waals surface area contributed by atoms with Crippen molar-refractivity contribution in [1.82, 2.24) is 4.98 Å². The lowest BCUT2D eigenvalue weighted by atomic mass is 9.83. The second kappa shape index (κ2) is 4.73. The molecule has 0 fully saturated rings. The van der Waals surface area contributed by atoms with Crippen LogP contribution in [0.15, 0.2) is 24.4 Å². The van der Waals surface area contributed by atoms with Crippen molar-refractivity contribution in [3.05, 3.63) is 34.8 Å². The normalized spacial score (nSPS) is 18.6. The Morgan fingerprint density at radius 2 is 2.33 bits per heavy atom. The number of pyridine rings is 1. The molecule has 0 aromatic carbocycles. The quantitative estimate of drug-likeness (QED) is 0.875. The number of anilines is 1. The SMILES string of the molecule is CCC1CCCc2sc(N)c(-c3ccccn3)c21. The maximum absolute atomic E-state index is 6.25. The van der Waals surface area contributed by atoms with E-state index in [0.717, 1.165) is 10.7 Å². The van der Waals surface area contributed by atoms with Gasteiger partial charge in [-0.25, -0.2) is 0 Å². The molecular formula is C15H18N2S. The maximum atomic E-state index is 6.25. The van der Waals surface area contributed by atoms with E-state index >= 15 is 0 Å². The fourth-order valence-corrected chi connectivity index (χ4v) is 4.17. The molecule has 18 heavy (non-hydrogen) atoms. The van der Waals surface area contributed by atoms with Gasteiger partial charge >= 0.3 is 0 Å². The topological polar surface area (TPSA) is 38.9 Å². The van der Waals surface area contributed by atoms with Crippen molar-refractivity contribution in [1.29, 1.82) is 0 Å². The highest BCUT2D eigenvalue weighted by atomic mass is 32.1. The van der Waals surface area contributed by atoms with Gasteiger partial charge < -0.3 is 5.73 Å². The van der Waals surface area contributed by atoms with Crippen LogP contribution in [-0.2, 0) is 6.42 Å². The van der Waals surface area contributed by atoms with E-state index in [0.29, 0.717) is 5.92 Å². The van der Waals surface area contributed by atoms with Crippen LogP contribution >= 0.6 is 11.3 Å². The average molecular weight is 258 g/mol. The lowest BCUT2D eigenvalue weighted by Crippen LogP contribution is -2.07. The minimum absolute atomic E-state index is 0.666. The molecule has 1 atom stereocenters. The predicted octanol–water partition coefficient (Wildman–Crippen LogP) is 4.22. The molecule has 2 aromatic heterocycles. The summed E-state index contributed by atoms with van der Waals surface area (Å²) >= 11 is 1.77. The lowest BCUT2D eigenvalue weighted by Gasteiger charge is -2.22. The third-order valence-electron chi connectivity index (χ3n) is 3.83. The summed E-state index contributed by atoms with van der Waals surface area (Å²) in [5.41, 5.74) is 9.98. The summed E-state index contributed by atoms with van der Waals surface area (Å²) in [7, 11) is 0. The first-order chi connectivity index (χ1) is 8.81. The Bertz CT molecular complexity index is 545. The van der Waals surface area contributed by atoms with Gasteiger partial charge in [0.25, 0.3) is 0 Å². The van der Waals surface area contributed by atoms with Gasteiger partial charge in [0.05, 0.1) is 10.7 Å². The molecule has 3 rings (SSSR count). The Morgan fingerprint density at radius 1 is 1.44 bits per heavy atom. The lowest BCUT2D eigenvalue weighted by molar-refractivity contribution is 0.547. The molecule has 94 valence electrons. The first kappa shape index (κ1) is 11.7. The third kappa shape index (κ3) is 1.83. The number of nitrogen functional groups attached to an aromatic ring is 1. The van der Waals surface area contributed by atoms with E-state index in [2.05, 4.69) is 18.0 Å². The molecule has 0 bridgehead atoms. The Kier molecular flexibility index (Phi) is 3.08. The molecule has 1 unspecified atom stereocenters. The van der Waals surface area contributed by atoms with Crippen LogP contribution in [0.1, 0.15) is 42.5 Å². The Labute approximate surface area is 112 Å². The molecule has 2 nitrogen and oxygen atoms in total. The number of nitrogens with two attached hydrogens (primary N) is 1. The van der Waals surface area contributed by atoms with Gasteiger partial charge in [-0.15, -0.1) is 11.3 Å². The van der Waals surface area contributed by atoms with Gasteiger partial charge in [-0.3, -0.25) is 4.98 Å². The minimum Gasteiger partial charge on any atom is -0.390 e. The molecular weight excluding hydrogens is 240 g/mol. The fourth-order valence-electron chi connectivity index (χ4n) is 2.96. The van der Waals surface area contributed by atoms with Crippen LogP contribution < -0.4 is 5.73 Å². The summed E-state index contributed by atoms with van der Waals surface area (Å²) in [6.07, 6.45) is 6.83. The summed E-state index contributed by atoms with van der Waals surface area (Å²) in [5, 5.41) is 0.944. The highest BCUT2D eigenvalue weighted by Gasteiger charge is 2.27. The summed E-state index contributed by atoms with van der Waals surface area (Å²) in [6.45, 7) is 2.27. The third-order valence-corrected chi connectivity index (χ3v) is 4.92. The number of hydrogen-bond acceptors (Lipinski definition) is 3. The van der Waals surface area contributed by atoms with Crippen molar-refractivity contribution in [2.24, 2.45) is 0 Å². The molecule has 0 amide bonds. The molecule has 2 aromatic rings. The van der Waals surface area contributed by atoms with Crippen molar-refractivity contribution in [2.45, 2.75) is 38.5 Å². The van der Waals surface area contributed by atoms with Crippen LogP contribution in [0.4, 0.5) is 5.00 Å². The molecule has 2 heterocycles. The van der Waals surface area contributed by atoms with E-state index in [9.17, 15) is 0 Å². The van der Waals surface area contributed by atoms with Gasteiger partial charge in [0.2, 0.25) is 0 Å². The predicted molar refractivity (Wildman–Crippen MR) is 77.9 cm³/mol. The highest BCUT2D eigenvalue weighted by Crippen LogP contribution is 2.47. The van der Waals surface area contributed by atoms with Crippen molar-refractivity contribution >= 4 is 16.3 Å². The van der Waals surface area contributed by atoms with Crippen LogP contribution in [0.25, 0.3) is 11.3 Å². The number of aromatic nitrogens is 1. The molecule has 0 saturated heterocycles. The standard InChI is InChI=1S/C15H18N2S/c1-2-10-6-5-8-12-13(10)14(15(16)18-12)11-7-3-4-9-17-11/h3-4,7,9-10H,2,5-6,8,16H2,1H3. The van der Waals surface area contributed by atoms with Gasteiger partial charge in [-0.05, 0) is 49.3 Å². The maximum Gasteiger partial charge on any atom is 0.0957 e. The minimum atomic E-state index is 0.666. The number of thiophene rings is 1. The first-order valence-corrected chi connectivity index (χ1v) is 7.45. The summed E-state index contributed by atoms with van der Waals surface area (Å²) in [4.78, 5) is 5.98. The fraction of sp³-hybridized carbons (Fsp3) is 0.400. The van der Waals surface area contributed by atoms with Crippen LogP contribution in [0.2, 0.25) is 0 Å². The molecule has 3 heteroatoms. The highest BCUT2D eigenvalue weighted by molar-refractivity contribution is 7.16. The van der Waals surface area contributed by atoms with E-state index in [4.69, 9.17) is 5.73 Å². The molecule has 1 aliphatic rings. The van der Waals surface area contributed by atoms with Gasteiger partial charge in [0.15, 0.2) is 0 Å². The van der Waals surface area contributed by atoms with Crippen molar-refractivity contribution < 1.29 is 0 Å². The zero-order valence-corrected chi connectivity index (χ0v) is 11.5. The Balaban J connectivity index is 2.18. The summed E-state index contributed by atoms with van der Waals surface area (Å²) < 4.78 is 0. The van der Waals surface area contributed by atoms with E-state index in [1.54, 1.807) is 11.3 Å². The molecule has 2 N–H and O–H groups in total. The number of aryl methyl sites for hydroxylation is 1. The Morgan fingerprint density at radius 3 is 3.06 bits per heavy atom. The molecule has 0 aliphatic heterocycles. The first-order valence-electron chi connectivity index (χ1n) is 6.63. The van der Waals surface area contributed by atoms with E-state index in [1.807, 2.05) is 18.3 Å². The van der Waals surface area contributed by atoms with Crippen LogP contribution in [0.5, 0.6) is 0 Å². The second-order valence-corrected chi connectivity index (χ2v) is 6.03. The van der Waals surface area contributed by atoms with Gasteiger partial charge in [0.1, 0.15) is 0 Å². The van der Waals surface area contributed by atoms with Crippen LogP contribution in [0.3, 0.4) is 0 Å². The van der Waals surface area contributed by atoms with Crippen LogP contribution in [-0.4, -0.2) is 4.98 Å². The number of nitrogens with zero attached hydrogens (tertiary/aromatic N) is 1. The number of fused-ring (bicyclic) bond motifs is 1. The van der Waals surface area contributed by atoms with E-state index < -0.39 is 0 Å². The average Bonchev–Trinajstić information content (AvgIpc) is 2.75. The Hall–Kier alpha value is -1.35. The summed E-state index contributed by atoms with van der Waals surface area (Å²) in [5.74, 6) is 0.666. The smallest absolute Gasteiger partial charge is 0.0957 e. The van der Waals surface area contributed by atoms with E-state index in [1.165, 1.54) is 41.7 Å². The van der Waals surface area contributed by atoms with Crippen molar-refractivity contribution in [3.63, 3.8) is 0 Å². The van der Waals surface area contributed by atoms with Gasteiger partial charge in [0, 0.05) is 16.6 Å². The van der Waals surface area contributed by atoms with Crippen molar-refractivity contribution in [3.8, 4) is 11.3 Å². The monoisotopic (exact) mass is 258 g/mol.